The number of fused-ring (bicyclic) bond motifs is 1. The Morgan fingerprint density at radius 1 is 0.867 bits per heavy atom. The molecule has 0 bridgehead atoms. The minimum Gasteiger partial charge on any atom is -0.422 e. The van der Waals surface area contributed by atoms with Gasteiger partial charge in [0.2, 0.25) is 0 Å². The summed E-state index contributed by atoms with van der Waals surface area (Å²) in [7, 11) is 0. The Kier molecular flexibility index (Phi) is 5.26. The predicted molar refractivity (Wildman–Crippen MR) is 117 cm³/mol. The molecule has 4 aromatic rings. The van der Waals surface area contributed by atoms with Gasteiger partial charge in [-0.05, 0) is 55.8 Å². The Bertz CT molecular complexity index is 1240. The van der Waals surface area contributed by atoms with Crippen molar-refractivity contribution >= 4 is 28.5 Å². The van der Waals surface area contributed by atoms with Crippen molar-refractivity contribution in [1.82, 2.24) is 4.98 Å². The molecule has 0 saturated heterocycles. The lowest BCUT2D eigenvalue weighted by Gasteiger charge is -2.12. The maximum Gasteiger partial charge on any atom is 0.343 e. The Morgan fingerprint density at radius 3 is 2.40 bits per heavy atom. The quantitative estimate of drug-likeness (QED) is 0.374. The highest BCUT2D eigenvalue weighted by molar-refractivity contribution is 6.10. The number of pyridine rings is 1. The summed E-state index contributed by atoms with van der Waals surface area (Å²) in [6.07, 6.45) is 1.68. The second-order valence-electron chi connectivity index (χ2n) is 7.09. The van der Waals surface area contributed by atoms with Gasteiger partial charge in [0, 0.05) is 11.6 Å². The number of hydrogen-bond donors (Lipinski definition) is 1. The Labute approximate surface area is 174 Å². The average molecular weight is 396 g/mol. The number of rotatable bonds is 4. The molecular formula is C25H20N2O3. The number of para-hydroxylation sites is 1. The molecule has 4 rings (SSSR count). The van der Waals surface area contributed by atoms with E-state index in [1.807, 2.05) is 50.2 Å². The molecule has 5 nitrogen and oxygen atoms in total. The van der Waals surface area contributed by atoms with Gasteiger partial charge in [0.15, 0.2) is 0 Å². The van der Waals surface area contributed by atoms with Crippen molar-refractivity contribution in [3.8, 4) is 5.75 Å². The molecule has 0 aliphatic heterocycles. The van der Waals surface area contributed by atoms with Crippen molar-refractivity contribution in [2.75, 3.05) is 5.32 Å². The monoisotopic (exact) mass is 396 g/mol. The summed E-state index contributed by atoms with van der Waals surface area (Å²) >= 11 is 0. The van der Waals surface area contributed by atoms with E-state index in [9.17, 15) is 9.59 Å². The van der Waals surface area contributed by atoms with Crippen LogP contribution in [0.5, 0.6) is 5.75 Å². The minimum atomic E-state index is -0.513. The van der Waals surface area contributed by atoms with Crippen molar-refractivity contribution in [2.45, 2.75) is 13.8 Å². The van der Waals surface area contributed by atoms with Crippen LogP contribution >= 0.6 is 0 Å². The van der Waals surface area contributed by atoms with E-state index in [-0.39, 0.29) is 17.2 Å². The zero-order chi connectivity index (χ0) is 21.1. The number of carbonyl (C=O) groups is 2. The van der Waals surface area contributed by atoms with E-state index in [2.05, 4.69) is 10.3 Å². The zero-order valence-electron chi connectivity index (χ0n) is 16.7. The zero-order valence-corrected chi connectivity index (χ0v) is 16.7. The van der Waals surface area contributed by atoms with Gasteiger partial charge in [-0.25, -0.2) is 4.79 Å². The molecule has 3 aromatic carbocycles. The van der Waals surface area contributed by atoms with E-state index >= 15 is 0 Å². The molecule has 0 aliphatic rings. The fourth-order valence-electron chi connectivity index (χ4n) is 3.14. The molecule has 5 heteroatoms. The Morgan fingerprint density at radius 2 is 1.60 bits per heavy atom. The Balaban J connectivity index is 1.63. The maximum atomic E-state index is 13.0. The lowest BCUT2D eigenvalue weighted by Crippen LogP contribution is -2.16. The molecule has 0 fully saturated rings. The van der Waals surface area contributed by atoms with E-state index < -0.39 is 5.97 Å². The van der Waals surface area contributed by atoms with Gasteiger partial charge in [-0.2, -0.15) is 0 Å². The molecule has 0 unspecified atom stereocenters. The van der Waals surface area contributed by atoms with Gasteiger partial charge in [-0.1, -0.05) is 42.0 Å². The number of ether oxygens (including phenoxy) is 1. The van der Waals surface area contributed by atoms with Crippen LogP contribution in [0.4, 0.5) is 5.69 Å². The highest BCUT2D eigenvalue weighted by Crippen LogP contribution is 2.25. The largest absolute Gasteiger partial charge is 0.422 e. The SMILES string of the molecule is Cc1ccc(C(=O)Oc2cc(C)ccc2C(=O)Nc2cccc3cccnc23)cc1. The standard InChI is InChI=1S/C25H20N2O3/c1-16-8-11-19(12-9-16)25(29)30-22-15-17(2)10-13-20(22)24(28)27-21-7-3-5-18-6-4-14-26-23(18)21/h3-15H,1-2H3,(H,27,28). The third-order valence-corrected chi connectivity index (χ3v) is 4.75. The van der Waals surface area contributed by atoms with Crippen molar-refractivity contribution in [3.63, 3.8) is 0 Å². The number of nitrogens with one attached hydrogen (secondary N) is 1. The number of amides is 1. The van der Waals surface area contributed by atoms with Gasteiger partial charge >= 0.3 is 5.97 Å². The molecular weight excluding hydrogens is 376 g/mol. The molecule has 148 valence electrons. The van der Waals surface area contributed by atoms with E-state index in [1.54, 1.807) is 42.6 Å². The lowest BCUT2D eigenvalue weighted by molar-refractivity contribution is 0.0733. The number of aromatic nitrogens is 1. The topological polar surface area (TPSA) is 68.3 Å². The molecule has 1 N–H and O–H groups in total. The summed E-state index contributed by atoms with van der Waals surface area (Å²) in [6, 6.07) is 21.6. The third-order valence-electron chi connectivity index (χ3n) is 4.75. The molecule has 1 aromatic heterocycles. The van der Waals surface area contributed by atoms with Crippen LogP contribution in [0.15, 0.2) is 79.0 Å². The first kappa shape index (κ1) is 19.3. The number of hydrogen-bond acceptors (Lipinski definition) is 4. The van der Waals surface area contributed by atoms with E-state index in [1.165, 1.54) is 0 Å². The van der Waals surface area contributed by atoms with Gasteiger partial charge in [-0.3, -0.25) is 9.78 Å². The van der Waals surface area contributed by atoms with Crippen molar-refractivity contribution < 1.29 is 14.3 Å². The van der Waals surface area contributed by atoms with Gasteiger partial charge in [0.25, 0.3) is 5.91 Å². The predicted octanol–water partition coefficient (Wildman–Crippen LogP) is 5.32. The summed E-state index contributed by atoms with van der Waals surface area (Å²) in [4.78, 5) is 30.0. The van der Waals surface area contributed by atoms with Crippen LogP contribution in [-0.2, 0) is 0 Å². The number of nitrogens with zero attached hydrogens (tertiary/aromatic N) is 1. The second-order valence-corrected chi connectivity index (χ2v) is 7.09. The highest BCUT2D eigenvalue weighted by Gasteiger charge is 2.18. The van der Waals surface area contributed by atoms with Crippen molar-refractivity contribution in [2.24, 2.45) is 0 Å². The molecule has 0 atom stereocenters. The fraction of sp³-hybridized carbons (Fsp3) is 0.0800. The van der Waals surface area contributed by atoms with Gasteiger partial charge in [-0.15, -0.1) is 0 Å². The van der Waals surface area contributed by atoms with Gasteiger partial charge in [0.1, 0.15) is 5.75 Å². The second kappa shape index (κ2) is 8.17. The number of benzene rings is 3. The smallest absolute Gasteiger partial charge is 0.343 e. The first-order chi connectivity index (χ1) is 14.5. The van der Waals surface area contributed by atoms with Crippen LogP contribution in [0.25, 0.3) is 10.9 Å². The number of aryl methyl sites for hydroxylation is 2. The van der Waals surface area contributed by atoms with Gasteiger partial charge in [0.05, 0.1) is 22.3 Å². The number of anilines is 1. The van der Waals surface area contributed by atoms with Crippen LogP contribution in [0.3, 0.4) is 0 Å². The highest BCUT2D eigenvalue weighted by atomic mass is 16.5. The number of carbonyl (C=O) groups excluding carboxylic acids is 2. The summed E-state index contributed by atoms with van der Waals surface area (Å²) in [6.45, 7) is 3.82. The van der Waals surface area contributed by atoms with Crippen LogP contribution in [-0.4, -0.2) is 16.9 Å². The first-order valence-electron chi connectivity index (χ1n) is 9.56. The van der Waals surface area contributed by atoms with Crippen LogP contribution in [0.2, 0.25) is 0 Å². The molecule has 1 heterocycles. The normalized spacial score (nSPS) is 10.6. The van der Waals surface area contributed by atoms with Crippen LogP contribution < -0.4 is 10.1 Å². The molecule has 30 heavy (non-hydrogen) atoms. The maximum absolute atomic E-state index is 13.0. The summed E-state index contributed by atoms with van der Waals surface area (Å²) in [5.41, 5.74) is 3.91. The van der Waals surface area contributed by atoms with E-state index in [0.29, 0.717) is 16.8 Å². The fourth-order valence-corrected chi connectivity index (χ4v) is 3.14. The molecule has 0 radical (unpaired) electrons. The molecule has 0 aliphatic carbocycles. The molecule has 0 saturated carbocycles. The van der Waals surface area contributed by atoms with E-state index in [4.69, 9.17) is 4.74 Å². The summed E-state index contributed by atoms with van der Waals surface area (Å²) in [5.74, 6) is -0.674. The van der Waals surface area contributed by atoms with Crippen molar-refractivity contribution in [1.29, 1.82) is 0 Å². The summed E-state index contributed by atoms with van der Waals surface area (Å²) < 4.78 is 5.58. The van der Waals surface area contributed by atoms with Crippen LogP contribution in [0, 0.1) is 13.8 Å². The van der Waals surface area contributed by atoms with E-state index in [0.717, 1.165) is 16.5 Å². The molecule has 0 spiro atoms. The average Bonchev–Trinajstić information content (AvgIpc) is 2.74. The third kappa shape index (κ3) is 4.05. The summed E-state index contributed by atoms with van der Waals surface area (Å²) in [5, 5.41) is 3.81. The number of esters is 1. The lowest BCUT2D eigenvalue weighted by atomic mass is 10.1. The van der Waals surface area contributed by atoms with Gasteiger partial charge < -0.3 is 10.1 Å². The minimum absolute atomic E-state index is 0.214. The van der Waals surface area contributed by atoms with Crippen LogP contribution in [0.1, 0.15) is 31.8 Å². The van der Waals surface area contributed by atoms with Crippen molar-refractivity contribution in [3.05, 3.63) is 101 Å². The molecule has 1 amide bonds. The first-order valence-corrected chi connectivity index (χ1v) is 9.56. The Hall–Kier alpha value is -3.99.